The van der Waals surface area contributed by atoms with Gasteiger partial charge in [-0.15, -0.1) is 13.2 Å². The van der Waals surface area contributed by atoms with Crippen LogP contribution in [-0.4, -0.2) is 87.6 Å². The van der Waals surface area contributed by atoms with Gasteiger partial charge in [0.05, 0.1) is 24.5 Å². The number of aliphatic hydroxyl groups is 1. The number of carbonyl (C=O) groups is 3. The summed E-state index contributed by atoms with van der Waals surface area (Å²) < 4.78 is 11.8. The Morgan fingerprint density at radius 2 is 2.12 bits per heavy atom. The van der Waals surface area contributed by atoms with Crippen molar-refractivity contribution in [3.8, 4) is 0 Å². The molecule has 2 amide bonds. The van der Waals surface area contributed by atoms with Crippen LogP contribution in [-0.2, 0) is 23.9 Å². The van der Waals surface area contributed by atoms with E-state index in [1.165, 1.54) is 4.90 Å². The van der Waals surface area contributed by atoms with E-state index in [1.54, 1.807) is 17.1 Å². The molecule has 2 bridgehead atoms. The molecule has 32 heavy (non-hydrogen) atoms. The zero-order valence-corrected chi connectivity index (χ0v) is 20.3. The number of likely N-dealkylation sites (tertiary alicyclic amines) is 1. The second-order valence-corrected chi connectivity index (χ2v) is 10.1. The molecule has 0 aromatic carbocycles. The second-order valence-electron chi connectivity index (χ2n) is 8.89. The van der Waals surface area contributed by atoms with Crippen molar-refractivity contribution in [1.82, 2.24) is 9.80 Å². The molecule has 3 fully saturated rings. The van der Waals surface area contributed by atoms with Crippen LogP contribution in [0.4, 0.5) is 0 Å². The third-order valence-electron chi connectivity index (χ3n) is 6.65. The van der Waals surface area contributed by atoms with E-state index in [0.29, 0.717) is 25.8 Å². The number of alkyl halides is 1. The fraction of sp³-hybridized carbons (Fsp3) is 0.696. The van der Waals surface area contributed by atoms with Crippen LogP contribution >= 0.6 is 15.9 Å². The molecule has 3 saturated heterocycles. The number of nitrogens with zero attached hydrogens (tertiary/aromatic N) is 2. The molecule has 0 radical (unpaired) electrons. The van der Waals surface area contributed by atoms with Crippen molar-refractivity contribution in [3.05, 3.63) is 25.3 Å². The SMILES string of the molecule is C=CCCOC(=O)[C@H]1[C@H]2C(=O)N(CCCO)C(C(=O)N(CC=C)C(C)C)C23CC(Br)[C@@H]1O3. The number of ether oxygens (including phenoxy) is 2. The van der Waals surface area contributed by atoms with Crippen LogP contribution in [0.15, 0.2) is 25.3 Å². The number of fused-ring (bicyclic) bond motifs is 1. The van der Waals surface area contributed by atoms with E-state index in [-0.39, 0.29) is 42.4 Å². The standard InChI is InChI=1S/C23H33BrN2O6/c1-5-7-12-31-22(30)16-17-20(28)26(10-8-11-27)19(21(29)25(9-6-2)14(3)4)23(17)13-15(24)18(16)32-23/h5-6,14-19,27H,1-2,7-13H2,3-4H3/t15?,16-,17-,18-,19?,23?/m0/s1. The summed E-state index contributed by atoms with van der Waals surface area (Å²) in [6.07, 6.45) is 4.06. The minimum absolute atomic E-state index is 0.108. The molecule has 178 valence electrons. The molecule has 3 heterocycles. The summed E-state index contributed by atoms with van der Waals surface area (Å²) >= 11 is 3.62. The van der Waals surface area contributed by atoms with Gasteiger partial charge in [-0.2, -0.15) is 0 Å². The summed E-state index contributed by atoms with van der Waals surface area (Å²) in [7, 11) is 0. The number of aliphatic hydroxyl groups excluding tert-OH is 1. The van der Waals surface area contributed by atoms with E-state index in [1.807, 2.05) is 13.8 Å². The number of rotatable bonds is 11. The molecular weight excluding hydrogens is 480 g/mol. The van der Waals surface area contributed by atoms with Crippen LogP contribution in [0.25, 0.3) is 0 Å². The quantitative estimate of drug-likeness (QED) is 0.196. The molecule has 3 rings (SSSR count). The zero-order valence-electron chi connectivity index (χ0n) is 18.7. The highest BCUT2D eigenvalue weighted by molar-refractivity contribution is 9.09. The van der Waals surface area contributed by atoms with Gasteiger partial charge < -0.3 is 24.4 Å². The number of halogens is 1. The highest BCUT2D eigenvalue weighted by Crippen LogP contribution is 2.60. The molecule has 6 atom stereocenters. The molecule has 1 N–H and O–H groups in total. The van der Waals surface area contributed by atoms with Crippen molar-refractivity contribution in [3.63, 3.8) is 0 Å². The van der Waals surface area contributed by atoms with Gasteiger partial charge in [0.1, 0.15) is 11.6 Å². The van der Waals surface area contributed by atoms with Gasteiger partial charge in [0.15, 0.2) is 0 Å². The molecule has 0 aromatic rings. The number of amides is 2. The number of hydrogen-bond donors (Lipinski definition) is 1. The van der Waals surface area contributed by atoms with Crippen LogP contribution in [0.1, 0.15) is 33.1 Å². The third kappa shape index (κ3) is 4.03. The van der Waals surface area contributed by atoms with Crippen LogP contribution in [0.3, 0.4) is 0 Å². The minimum Gasteiger partial charge on any atom is -0.465 e. The Labute approximate surface area is 197 Å². The maximum absolute atomic E-state index is 13.8. The number of carbonyl (C=O) groups excluding carboxylic acids is 3. The maximum Gasteiger partial charge on any atom is 0.312 e. The van der Waals surface area contributed by atoms with Gasteiger partial charge in [0.2, 0.25) is 11.8 Å². The topological polar surface area (TPSA) is 96.4 Å². The largest absolute Gasteiger partial charge is 0.465 e. The molecule has 3 unspecified atom stereocenters. The highest BCUT2D eigenvalue weighted by atomic mass is 79.9. The van der Waals surface area contributed by atoms with Gasteiger partial charge in [0, 0.05) is 30.6 Å². The zero-order chi connectivity index (χ0) is 23.6. The Kier molecular flexibility index (Phi) is 7.83. The Morgan fingerprint density at radius 3 is 2.72 bits per heavy atom. The average Bonchev–Trinajstić information content (AvgIpc) is 3.33. The summed E-state index contributed by atoms with van der Waals surface area (Å²) in [4.78, 5) is 43.4. The number of esters is 1. The van der Waals surface area contributed by atoms with Gasteiger partial charge in [-0.05, 0) is 33.1 Å². The lowest BCUT2D eigenvalue weighted by molar-refractivity contribution is -0.155. The normalized spacial score (nSPS) is 32.8. The fourth-order valence-electron chi connectivity index (χ4n) is 5.35. The van der Waals surface area contributed by atoms with Crippen molar-refractivity contribution in [2.24, 2.45) is 11.8 Å². The Bertz CT molecular complexity index is 774. The summed E-state index contributed by atoms with van der Waals surface area (Å²) in [5, 5.41) is 9.39. The van der Waals surface area contributed by atoms with Crippen LogP contribution < -0.4 is 0 Å². The molecule has 1 spiro atoms. The maximum atomic E-state index is 13.8. The van der Waals surface area contributed by atoms with Gasteiger partial charge in [0.25, 0.3) is 0 Å². The van der Waals surface area contributed by atoms with Crippen LogP contribution in [0, 0.1) is 11.8 Å². The van der Waals surface area contributed by atoms with Crippen molar-refractivity contribution in [2.75, 3.05) is 26.3 Å². The molecule has 3 aliphatic heterocycles. The molecule has 8 nitrogen and oxygen atoms in total. The summed E-state index contributed by atoms with van der Waals surface area (Å²) in [6.45, 7) is 11.8. The summed E-state index contributed by atoms with van der Waals surface area (Å²) in [6, 6.07) is -0.978. The predicted molar refractivity (Wildman–Crippen MR) is 122 cm³/mol. The smallest absolute Gasteiger partial charge is 0.312 e. The van der Waals surface area contributed by atoms with Gasteiger partial charge in [-0.3, -0.25) is 14.4 Å². The van der Waals surface area contributed by atoms with Crippen molar-refractivity contribution in [2.45, 2.75) is 61.7 Å². The van der Waals surface area contributed by atoms with Gasteiger partial charge >= 0.3 is 5.97 Å². The molecule has 0 aromatic heterocycles. The first-order valence-corrected chi connectivity index (χ1v) is 12.1. The van der Waals surface area contributed by atoms with E-state index in [0.717, 1.165) is 0 Å². The second kappa shape index (κ2) is 10.1. The van der Waals surface area contributed by atoms with E-state index in [2.05, 4.69) is 29.1 Å². The van der Waals surface area contributed by atoms with Crippen molar-refractivity contribution < 1.29 is 29.0 Å². The van der Waals surface area contributed by atoms with Crippen LogP contribution in [0.2, 0.25) is 0 Å². The van der Waals surface area contributed by atoms with E-state index in [9.17, 15) is 19.5 Å². The fourth-order valence-corrected chi connectivity index (χ4v) is 6.29. The molecule has 0 aliphatic carbocycles. The lowest BCUT2D eigenvalue weighted by Gasteiger charge is -2.38. The molecule has 9 heteroatoms. The van der Waals surface area contributed by atoms with Crippen molar-refractivity contribution in [1.29, 1.82) is 0 Å². The molecular formula is C23H33BrN2O6. The monoisotopic (exact) mass is 512 g/mol. The predicted octanol–water partition coefficient (Wildman–Crippen LogP) is 1.66. The van der Waals surface area contributed by atoms with E-state index >= 15 is 0 Å². The summed E-state index contributed by atoms with van der Waals surface area (Å²) in [5.41, 5.74) is -1.11. The Hall–Kier alpha value is -1.71. The molecule has 3 aliphatic rings. The first-order chi connectivity index (χ1) is 15.2. The lowest BCUT2D eigenvalue weighted by atomic mass is 9.70. The summed E-state index contributed by atoms with van der Waals surface area (Å²) in [5.74, 6) is -2.57. The first kappa shape index (κ1) is 24.9. The van der Waals surface area contributed by atoms with Crippen molar-refractivity contribution >= 4 is 33.7 Å². The number of hydrogen-bond acceptors (Lipinski definition) is 6. The molecule has 0 saturated carbocycles. The van der Waals surface area contributed by atoms with E-state index in [4.69, 9.17) is 9.47 Å². The van der Waals surface area contributed by atoms with Gasteiger partial charge in [-0.25, -0.2) is 0 Å². The third-order valence-corrected chi connectivity index (χ3v) is 7.50. The Balaban J connectivity index is 2.00. The lowest BCUT2D eigenvalue weighted by Crippen LogP contribution is -2.58. The average molecular weight is 513 g/mol. The first-order valence-electron chi connectivity index (χ1n) is 11.2. The highest BCUT2D eigenvalue weighted by Gasteiger charge is 2.77. The minimum atomic E-state index is -1.11. The van der Waals surface area contributed by atoms with Crippen LogP contribution in [0.5, 0.6) is 0 Å². The van der Waals surface area contributed by atoms with Gasteiger partial charge in [-0.1, -0.05) is 28.1 Å². The van der Waals surface area contributed by atoms with E-state index < -0.39 is 35.6 Å². The Morgan fingerprint density at radius 1 is 1.41 bits per heavy atom.